The van der Waals surface area contributed by atoms with Crippen LogP contribution in [0.15, 0.2) is 48.5 Å². The summed E-state index contributed by atoms with van der Waals surface area (Å²) in [6.45, 7) is 0.654. The van der Waals surface area contributed by atoms with Crippen LogP contribution in [-0.4, -0.2) is 21.2 Å². The molecule has 9 heteroatoms. The van der Waals surface area contributed by atoms with Gasteiger partial charge in [0.1, 0.15) is 11.5 Å². The average Bonchev–Trinajstić information content (AvgIpc) is 2.88. The second-order valence-corrected chi connectivity index (χ2v) is 6.80. The number of nitrogens with one attached hydrogen (secondary N) is 1. The summed E-state index contributed by atoms with van der Waals surface area (Å²) in [5.74, 6) is 0.587. The molecule has 0 radical (unpaired) electrons. The van der Waals surface area contributed by atoms with Crippen molar-refractivity contribution < 1.29 is 18.1 Å². The second-order valence-electron chi connectivity index (χ2n) is 6.80. The fourth-order valence-corrected chi connectivity index (χ4v) is 3.55. The van der Waals surface area contributed by atoms with Crippen LogP contribution >= 0.6 is 0 Å². The number of alkyl halides is 3. The van der Waals surface area contributed by atoms with E-state index in [2.05, 4.69) is 10.4 Å². The molecule has 1 N–H and O–H groups in total. The van der Waals surface area contributed by atoms with Crippen LogP contribution in [0.3, 0.4) is 0 Å². The highest BCUT2D eigenvalue weighted by molar-refractivity contribution is 5.73. The van der Waals surface area contributed by atoms with E-state index in [1.54, 1.807) is 24.3 Å². The largest absolute Gasteiger partial charge is 0.416 e. The monoisotopic (exact) mass is 402 g/mol. The highest BCUT2D eigenvalue weighted by atomic mass is 19.4. The summed E-state index contributed by atoms with van der Waals surface area (Å²) in [6, 6.07) is 11.2. The number of halogens is 3. The molecule has 0 spiro atoms. The van der Waals surface area contributed by atoms with Crippen LogP contribution in [-0.2, 0) is 12.6 Å². The van der Waals surface area contributed by atoms with Gasteiger partial charge in [-0.2, -0.15) is 18.3 Å². The molecule has 0 aliphatic carbocycles. The van der Waals surface area contributed by atoms with Crippen molar-refractivity contribution in [1.82, 2.24) is 9.78 Å². The first-order valence-electron chi connectivity index (χ1n) is 9.13. The Morgan fingerprint density at radius 1 is 1.10 bits per heavy atom. The van der Waals surface area contributed by atoms with Gasteiger partial charge >= 0.3 is 6.18 Å². The van der Waals surface area contributed by atoms with Gasteiger partial charge in [0.05, 0.1) is 16.2 Å². The highest BCUT2D eigenvalue weighted by Gasteiger charge is 2.31. The van der Waals surface area contributed by atoms with Gasteiger partial charge in [-0.05, 0) is 37.5 Å². The van der Waals surface area contributed by atoms with Gasteiger partial charge in [-0.25, -0.2) is 4.68 Å². The minimum atomic E-state index is -4.47. The number of nitrogens with zero attached hydrogens (tertiary/aromatic N) is 3. The lowest BCUT2D eigenvalue weighted by Gasteiger charge is -2.09. The van der Waals surface area contributed by atoms with Crippen LogP contribution in [0.2, 0.25) is 0 Å². The van der Waals surface area contributed by atoms with E-state index in [1.807, 2.05) is 0 Å². The van der Waals surface area contributed by atoms with E-state index in [9.17, 15) is 23.3 Å². The lowest BCUT2D eigenvalue weighted by atomic mass is 10.0. The van der Waals surface area contributed by atoms with Crippen molar-refractivity contribution in [2.45, 2.75) is 25.4 Å². The number of aromatic nitrogens is 2. The van der Waals surface area contributed by atoms with E-state index in [-0.39, 0.29) is 11.4 Å². The molecule has 0 saturated heterocycles. The highest BCUT2D eigenvalue weighted by Crippen LogP contribution is 2.38. The van der Waals surface area contributed by atoms with Crippen molar-refractivity contribution in [1.29, 1.82) is 0 Å². The Bertz CT molecular complexity index is 1080. The third-order valence-corrected chi connectivity index (χ3v) is 4.90. The van der Waals surface area contributed by atoms with E-state index < -0.39 is 16.7 Å². The molecule has 150 valence electrons. The molecule has 1 aromatic heterocycles. The summed E-state index contributed by atoms with van der Waals surface area (Å²) in [6.07, 6.45) is -2.12. The first-order valence-corrected chi connectivity index (χ1v) is 9.13. The molecule has 29 heavy (non-hydrogen) atoms. The third-order valence-electron chi connectivity index (χ3n) is 4.90. The molecule has 2 aromatic carbocycles. The predicted molar refractivity (Wildman–Crippen MR) is 102 cm³/mol. The summed E-state index contributed by atoms with van der Waals surface area (Å²) in [4.78, 5) is 11.0. The van der Waals surface area contributed by atoms with Crippen molar-refractivity contribution in [2.24, 2.45) is 0 Å². The zero-order valence-electron chi connectivity index (χ0n) is 15.2. The normalized spacial score (nSPS) is 14.0. The molecule has 1 aliphatic heterocycles. The molecule has 0 bridgehead atoms. The van der Waals surface area contributed by atoms with Gasteiger partial charge in [0.15, 0.2) is 0 Å². The van der Waals surface area contributed by atoms with Crippen LogP contribution in [0.5, 0.6) is 0 Å². The lowest BCUT2D eigenvalue weighted by molar-refractivity contribution is -0.384. The Morgan fingerprint density at radius 3 is 2.66 bits per heavy atom. The molecule has 2 heterocycles. The molecule has 0 unspecified atom stereocenters. The molecule has 1 aliphatic rings. The van der Waals surface area contributed by atoms with Gasteiger partial charge < -0.3 is 5.32 Å². The van der Waals surface area contributed by atoms with Crippen LogP contribution < -0.4 is 5.32 Å². The van der Waals surface area contributed by atoms with Crippen LogP contribution in [0.4, 0.5) is 24.7 Å². The minimum Gasteiger partial charge on any atom is -0.370 e. The Kier molecular flexibility index (Phi) is 4.73. The SMILES string of the molecule is O=[N+]([O-])c1ccccc1-n1nc(-c2cccc(C(F)(F)F)c2)c2c1NCCCC2. The second kappa shape index (κ2) is 7.23. The molecule has 6 nitrogen and oxygen atoms in total. The zero-order valence-corrected chi connectivity index (χ0v) is 15.2. The zero-order chi connectivity index (χ0) is 20.6. The van der Waals surface area contributed by atoms with E-state index in [0.29, 0.717) is 30.0 Å². The minimum absolute atomic E-state index is 0.126. The number of hydrogen-bond donors (Lipinski definition) is 1. The molecular weight excluding hydrogens is 385 g/mol. The summed E-state index contributed by atoms with van der Waals surface area (Å²) in [5, 5.41) is 19.3. The Morgan fingerprint density at radius 2 is 1.90 bits per heavy atom. The average molecular weight is 402 g/mol. The molecule has 3 aromatic rings. The topological polar surface area (TPSA) is 73.0 Å². The Hall–Kier alpha value is -3.36. The number of rotatable bonds is 3. The molecule has 0 saturated carbocycles. The first kappa shape index (κ1) is 19.0. The summed E-state index contributed by atoms with van der Waals surface area (Å²) in [5.41, 5.74) is 0.877. The summed E-state index contributed by atoms with van der Waals surface area (Å²) in [7, 11) is 0. The molecule has 4 rings (SSSR count). The smallest absolute Gasteiger partial charge is 0.370 e. The summed E-state index contributed by atoms with van der Waals surface area (Å²) < 4.78 is 41.0. The van der Waals surface area contributed by atoms with E-state index in [0.717, 1.165) is 30.5 Å². The van der Waals surface area contributed by atoms with Gasteiger partial charge in [-0.1, -0.05) is 24.3 Å². The number of nitro benzene ring substituents is 1. The molecular formula is C20H17F3N4O2. The Balaban J connectivity index is 1.93. The van der Waals surface area contributed by atoms with Crippen molar-refractivity contribution in [3.63, 3.8) is 0 Å². The molecule has 0 amide bonds. The van der Waals surface area contributed by atoms with Crippen molar-refractivity contribution >= 4 is 11.5 Å². The Labute approximate surface area is 164 Å². The van der Waals surface area contributed by atoms with E-state index in [4.69, 9.17) is 0 Å². The lowest BCUT2D eigenvalue weighted by Crippen LogP contribution is -2.08. The molecule has 0 fully saturated rings. The first-order chi connectivity index (χ1) is 13.9. The van der Waals surface area contributed by atoms with Crippen LogP contribution in [0.25, 0.3) is 16.9 Å². The van der Waals surface area contributed by atoms with Gasteiger partial charge in [0.25, 0.3) is 5.69 Å². The number of nitro groups is 1. The quantitative estimate of drug-likeness (QED) is 0.482. The number of fused-ring (bicyclic) bond motifs is 1. The fraction of sp³-hybridized carbons (Fsp3) is 0.250. The van der Waals surface area contributed by atoms with Crippen molar-refractivity contribution in [3.05, 3.63) is 69.8 Å². The van der Waals surface area contributed by atoms with Gasteiger partial charge in [-0.3, -0.25) is 10.1 Å². The summed E-state index contributed by atoms with van der Waals surface area (Å²) >= 11 is 0. The molecule has 0 atom stereocenters. The number of benzene rings is 2. The van der Waals surface area contributed by atoms with E-state index >= 15 is 0 Å². The van der Waals surface area contributed by atoms with Gasteiger partial charge in [0.2, 0.25) is 0 Å². The third kappa shape index (κ3) is 3.55. The maximum absolute atomic E-state index is 13.2. The fourth-order valence-electron chi connectivity index (χ4n) is 3.55. The number of anilines is 1. The van der Waals surface area contributed by atoms with E-state index in [1.165, 1.54) is 16.8 Å². The van der Waals surface area contributed by atoms with Gasteiger partial charge in [0, 0.05) is 23.7 Å². The standard InChI is InChI=1S/C20H17F3N4O2/c21-20(22,23)14-7-5-6-13(12-14)18-15-8-3-4-11-24-19(15)26(25-18)16-9-1-2-10-17(16)27(28)29/h1-2,5-7,9-10,12,24H,3-4,8,11H2. The van der Waals surface area contributed by atoms with Crippen LogP contribution in [0.1, 0.15) is 24.0 Å². The predicted octanol–water partition coefficient (Wildman–Crippen LogP) is 5.21. The maximum Gasteiger partial charge on any atom is 0.416 e. The van der Waals surface area contributed by atoms with Crippen molar-refractivity contribution in [2.75, 3.05) is 11.9 Å². The van der Waals surface area contributed by atoms with Crippen LogP contribution in [0, 0.1) is 10.1 Å². The maximum atomic E-state index is 13.2. The number of para-hydroxylation sites is 2. The number of hydrogen-bond acceptors (Lipinski definition) is 4. The van der Waals surface area contributed by atoms with Crippen molar-refractivity contribution in [3.8, 4) is 16.9 Å². The van der Waals surface area contributed by atoms with Gasteiger partial charge in [-0.15, -0.1) is 0 Å².